The molecule has 0 aliphatic heterocycles. The minimum Gasteiger partial charge on any atom is -0.391 e. The quantitative estimate of drug-likeness (QED) is 0.156. The third-order valence-corrected chi connectivity index (χ3v) is 8.23. The number of nitrogens with zero attached hydrogens (tertiary/aromatic N) is 2. The first-order valence-corrected chi connectivity index (χ1v) is 15.4. The standard InChI is InChI=1S/C36H41N5O6/c1-23(27-15-9-6-10-16-27)40(4)36(47)31(19-26-13-7-5-8-14-26)39-34(45)30(38-35(46)33(24(2)43)37-25(3)44)20-28-21-41(22-42)32-18-12-11-17-29(28)32/h5-18,21-24,30-31,33,43H,19-20H2,1-4H3,(H,37,44)(H,38,46)(H,39,45)/t23-,24-,30-,31+,33+/m1/s1. The lowest BCUT2D eigenvalue weighted by Gasteiger charge is -2.31. The molecule has 0 saturated carbocycles. The molecule has 0 bridgehead atoms. The van der Waals surface area contributed by atoms with Crippen molar-refractivity contribution in [2.24, 2.45) is 0 Å². The highest BCUT2D eigenvalue weighted by atomic mass is 16.3. The van der Waals surface area contributed by atoms with Crippen molar-refractivity contribution in [3.63, 3.8) is 0 Å². The molecule has 3 aromatic carbocycles. The molecule has 0 fully saturated rings. The number of amides is 4. The maximum Gasteiger partial charge on any atom is 0.245 e. The zero-order valence-corrected chi connectivity index (χ0v) is 26.9. The van der Waals surface area contributed by atoms with E-state index in [1.165, 1.54) is 18.4 Å². The number of fused-ring (bicyclic) bond motifs is 1. The summed E-state index contributed by atoms with van der Waals surface area (Å²) in [6, 6.07) is 22.1. The topological polar surface area (TPSA) is 150 Å². The van der Waals surface area contributed by atoms with Crippen LogP contribution < -0.4 is 16.0 Å². The van der Waals surface area contributed by atoms with Crippen molar-refractivity contribution < 1.29 is 29.1 Å². The zero-order chi connectivity index (χ0) is 34.1. The van der Waals surface area contributed by atoms with Gasteiger partial charge in [-0.05, 0) is 36.6 Å². The van der Waals surface area contributed by atoms with Gasteiger partial charge >= 0.3 is 0 Å². The second-order valence-electron chi connectivity index (χ2n) is 11.7. The van der Waals surface area contributed by atoms with Crippen LogP contribution in [0, 0.1) is 0 Å². The maximum absolute atomic E-state index is 14.2. The Morgan fingerprint density at radius 3 is 2.02 bits per heavy atom. The van der Waals surface area contributed by atoms with E-state index in [-0.39, 0.29) is 24.8 Å². The Kier molecular flexibility index (Phi) is 11.6. The van der Waals surface area contributed by atoms with Crippen molar-refractivity contribution in [1.29, 1.82) is 0 Å². The third-order valence-electron chi connectivity index (χ3n) is 8.23. The predicted molar refractivity (Wildman–Crippen MR) is 179 cm³/mol. The molecule has 47 heavy (non-hydrogen) atoms. The Hall–Kier alpha value is -5.29. The van der Waals surface area contributed by atoms with Gasteiger partial charge in [0.05, 0.1) is 17.7 Å². The number of aliphatic hydroxyl groups excluding tert-OH is 1. The molecule has 0 aliphatic rings. The number of carbonyl (C=O) groups excluding carboxylic acids is 5. The molecule has 0 radical (unpaired) electrons. The molecule has 4 N–H and O–H groups in total. The lowest BCUT2D eigenvalue weighted by atomic mass is 10.00. The van der Waals surface area contributed by atoms with Gasteiger partial charge in [-0.2, -0.15) is 0 Å². The summed E-state index contributed by atoms with van der Waals surface area (Å²) in [7, 11) is 1.68. The lowest BCUT2D eigenvalue weighted by molar-refractivity contribution is -0.138. The number of rotatable bonds is 14. The number of hydrogen-bond donors (Lipinski definition) is 4. The fourth-order valence-corrected chi connectivity index (χ4v) is 5.56. The number of carbonyl (C=O) groups is 5. The summed E-state index contributed by atoms with van der Waals surface area (Å²) < 4.78 is 1.39. The van der Waals surface area contributed by atoms with Crippen LogP contribution in [0.25, 0.3) is 10.9 Å². The normalized spacial score (nSPS) is 14.2. The first-order chi connectivity index (χ1) is 22.5. The molecule has 4 aromatic rings. The van der Waals surface area contributed by atoms with Gasteiger partial charge in [-0.25, -0.2) is 0 Å². The molecule has 0 aliphatic carbocycles. The molecule has 11 heteroatoms. The van der Waals surface area contributed by atoms with Crippen LogP contribution in [0.1, 0.15) is 43.5 Å². The molecule has 0 spiro atoms. The van der Waals surface area contributed by atoms with Gasteiger partial charge in [-0.3, -0.25) is 28.5 Å². The Morgan fingerprint density at radius 1 is 0.809 bits per heavy atom. The second-order valence-corrected chi connectivity index (χ2v) is 11.7. The fourth-order valence-electron chi connectivity index (χ4n) is 5.56. The molecule has 5 atom stereocenters. The van der Waals surface area contributed by atoms with Crippen molar-refractivity contribution in [3.8, 4) is 0 Å². The van der Waals surface area contributed by atoms with Crippen LogP contribution in [-0.4, -0.2) is 75.9 Å². The molecule has 1 aromatic heterocycles. The first kappa shape index (κ1) is 34.6. The molecule has 4 amide bonds. The molecule has 246 valence electrons. The first-order valence-electron chi connectivity index (χ1n) is 15.4. The number of hydrogen-bond acceptors (Lipinski definition) is 6. The molecule has 0 saturated heterocycles. The van der Waals surface area contributed by atoms with E-state index in [1.807, 2.05) is 67.6 Å². The SMILES string of the molecule is CC(=O)N[C@H](C(=O)N[C@H](Cc1cn(C=O)c2ccccc12)C(=O)N[C@@H](Cc1ccccc1)C(=O)N(C)[C@H](C)c1ccccc1)[C@@H](C)O. The van der Waals surface area contributed by atoms with E-state index in [4.69, 9.17) is 0 Å². The molecular weight excluding hydrogens is 598 g/mol. The van der Waals surface area contributed by atoms with Crippen molar-refractivity contribution in [2.75, 3.05) is 7.05 Å². The number of benzene rings is 3. The number of aliphatic hydroxyl groups is 1. The summed E-state index contributed by atoms with van der Waals surface area (Å²) in [4.78, 5) is 66.8. The molecule has 4 rings (SSSR count). The smallest absolute Gasteiger partial charge is 0.245 e. The fraction of sp³-hybridized carbons (Fsp3) is 0.306. The van der Waals surface area contributed by atoms with Crippen LogP contribution in [0.5, 0.6) is 0 Å². The highest BCUT2D eigenvalue weighted by molar-refractivity contribution is 5.95. The van der Waals surface area contributed by atoms with Gasteiger partial charge in [0.25, 0.3) is 0 Å². The highest BCUT2D eigenvalue weighted by Gasteiger charge is 2.33. The van der Waals surface area contributed by atoms with Crippen LogP contribution in [0.15, 0.2) is 91.1 Å². The van der Waals surface area contributed by atoms with E-state index in [9.17, 15) is 29.1 Å². The Bertz CT molecular complexity index is 1700. The lowest BCUT2D eigenvalue weighted by Crippen LogP contribution is -2.59. The van der Waals surface area contributed by atoms with Gasteiger partial charge in [0.2, 0.25) is 30.0 Å². The monoisotopic (exact) mass is 639 g/mol. The third kappa shape index (κ3) is 8.71. The van der Waals surface area contributed by atoms with Gasteiger partial charge in [0, 0.05) is 38.4 Å². The summed E-state index contributed by atoms with van der Waals surface area (Å²) in [6.07, 6.45) is 1.11. The second kappa shape index (κ2) is 15.8. The van der Waals surface area contributed by atoms with Gasteiger partial charge in [-0.1, -0.05) is 78.9 Å². The summed E-state index contributed by atoms with van der Waals surface area (Å²) in [6.45, 7) is 4.47. The maximum atomic E-state index is 14.2. The van der Waals surface area contributed by atoms with Crippen LogP contribution in [0.4, 0.5) is 0 Å². The number of para-hydroxylation sites is 1. The summed E-state index contributed by atoms with van der Waals surface area (Å²) in [5, 5.41) is 19.0. The highest BCUT2D eigenvalue weighted by Crippen LogP contribution is 2.23. The number of aromatic nitrogens is 1. The molecular formula is C36H41N5O6. The molecule has 1 heterocycles. The number of nitrogens with one attached hydrogen (secondary N) is 3. The Morgan fingerprint density at radius 2 is 1.40 bits per heavy atom. The zero-order valence-electron chi connectivity index (χ0n) is 26.9. The van der Waals surface area contributed by atoms with Crippen molar-refractivity contribution in [2.45, 2.75) is 63.9 Å². The van der Waals surface area contributed by atoms with Crippen LogP contribution in [0.2, 0.25) is 0 Å². The summed E-state index contributed by atoms with van der Waals surface area (Å²) >= 11 is 0. The molecule has 0 unspecified atom stereocenters. The largest absolute Gasteiger partial charge is 0.391 e. The van der Waals surface area contributed by atoms with Crippen LogP contribution >= 0.6 is 0 Å². The summed E-state index contributed by atoms with van der Waals surface area (Å²) in [5.74, 6) is -2.30. The average molecular weight is 640 g/mol. The van der Waals surface area contributed by atoms with Crippen LogP contribution in [-0.2, 0) is 36.8 Å². The number of likely N-dealkylation sites (N-methyl/N-ethyl adjacent to an activating group) is 1. The van der Waals surface area contributed by atoms with Gasteiger partial charge in [0.1, 0.15) is 18.1 Å². The van der Waals surface area contributed by atoms with E-state index in [2.05, 4.69) is 16.0 Å². The van der Waals surface area contributed by atoms with Crippen LogP contribution in [0.3, 0.4) is 0 Å². The van der Waals surface area contributed by atoms with E-state index in [0.717, 1.165) is 11.1 Å². The van der Waals surface area contributed by atoms with Crippen molar-refractivity contribution in [3.05, 3.63) is 108 Å². The van der Waals surface area contributed by atoms with E-state index in [1.54, 1.807) is 42.4 Å². The van der Waals surface area contributed by atoms with Crippen molar-refractivity contribution >= 4 is 40.9 Å². The van der Waals surface area contributed by atoms with E-state index < -0.39 is 42.0 Å². The predicted octanol–water partition coefficient (Wildman–Crippen LogP) is 2.54. The Balaban J connectivity index is 1.68. The van der Waals surface area contributed by atoms with Gasteiger partial charge in [0.15, 0.2) is 0 Å². The molecule has 11 nitrogen and oxygen atoms in total. The summed E-state index contributed by atoms with van der Waals surface area (Å²) in [5.41, 5.74) is 2.96. The average Bonchev–Trinajstić information content (AvgIpc) is 3.43. The van der Waals surface area contributed by atoms with E-state index in [0.29, 0.717) is 22.9 Å². The minimum absolute atomic E-state index is 0.0476. The van der Waals surface area contributed by atoms with Gasteiger partial charge in [-0.15, -0.1) is 0 Å². The van der Waals surface area contributed by atoms with Gasteiger partial charge < -0.3 is 26.0 Å². The van der Waals surface area contributed by atoms with Crippen molar-refractivity contribution in [1.82, 2.24) is 25.4 Å². The Labute approximate surface area is 273 Å². The van der Waals surface area contributed by atoms with E-state index >= 15 is 0 Å². The minimum atomic E-state index is -1.33.